The number of carbonyl (C=O) groups excluding carboxylic acids is 11. The number of Topliss-reactive ketones (excluding diaryl/α,β-unsaturated/α-hetero) is 1. The number of aromatic nitrogens is 3. The summed E-state index contributed by atoms with van der Waals surface area (Å²) in [5, 5.41) is 53.6. The Hall–Kier alpha value is -10.2. The summed E-state index contributed by atoms with van der Waals surface area (Å²) in [5.41, 5.74) is 4.52. The molecule has 2 heterocycles. The number of nitrogens with zero attached hydrogens (tertiary/aromatic N) is 4. The van der Waals surface area contributed by atoms with Crippen LogP contribution in [-0.4, -0.2) is 297 Å². The van der Waals surface area contributed by atoms with Gasteiger partial charge in [0.05, 0.1) is 155 Å². The zero-order chi connectivity index (χ0) is 94.6. The van der Waals surface area contributed by atoms with Crippen molar-refractivity contribution in [3.63, 3.8) is 0 Å². The Bertz CT molecular complexity index is 4680. The van der Waals surface area contributed by atoms with E-state index < -0.39 is 147 Å². The number of alkyl carbamates (subject to hydrolysis) is 1. The lowest BCUT2D eigenvalue weighted by atomic mass is 9.44. The molecule has 1 aliphatic heterocycles. The molecule has 4 aromatic rings. The van der Waals surface area contributed by atoms with Crippen LogP contribution in [0.2, 0.25) is 0 Å². The van der Waals surface area contributed by atoms with E-state index in [0.717, 1.165) is 16.8 Å². The molecule has 722 valence electrons. The van der Waals surface area contributed by atoms with Gasteiger partial charge >= 0.3 is 12.1 Å². The number of para-hydroxylation sites is 1. The van der Waals surface area contributed by atoms with E-state index in [4.69, 9.17) is 62.4 Å². The van der Waals surface area contributed by atoms with Crippen LogP contribution in [0.3, 0.4) is 0 Å². The van der Waals surface area contributed by atoms with Gasteiger partial charge in [-0.15, -0.1) is 5.10 Å². The number of aliphatic hydroxyl groups is 2. The number of ether oxygens (including phenoxy) is 11. The Labute approximate surface area is 760 Å². The van der Waals surface area contributed by atoms with Crippen LogP contribution in [0.5, 0.6) is 0 Å². The van der Waals surface area contributed by atoms with Gasteiger partial charge in [-0.2, -0.15) is 8.42 Å². The van der Waals surface area contributed by atoms with Gasteiger partial charge in [-0.05, 0) is 105 Å². The number of alkyl halides is 1. The Morgan fingerprint density at radius 2 is 1.24 bits per heavy atom. The number of aliphatic hydroxyl groups excluding tert-OH is 1. The molecule has 0 radical (unpaired) electrons. The normalized spacial score (nSPS) is 21.0. The van der Waals surface area contributed by atoms with Crippen LogP contribution in [0.1, 0.15) is 110 Å². The van der Waals surface area contributed by atoms with Crippen molar-refractivity contribution in [2.45, 2.75) is 148 Å². The average Bonchev–Trinajstić information content (AvgIpc) is 1.55. The summed E-state index contributed by atoms with van der Waals surface area (Å²) in [6.45, 7) is 12.1. The molecule has 0 spiro atoms. The summed E-state index contributed by atoms with van der Waals surface area (Å²) in [4.78, 5) is 144. The van der Waals surface area contributed by atoms with Gasteiger partial charge in [-0.3, -0.25) is 47.7 Å². The third-order valence-electron chi connectivity index (χ3n) is 24.0. The molecule has 13 N–H and O–H groups in total. The topological polar surface area (TPSA) is 540 Å². The average molecular weight is 1860 g/mol. The Balaban J connectivity index is 0.568. The van der Waals surface area contributed by atoms with E-state index in [1.807, 2.05) is 48.5 Å². The Kier molecular flexibility index (Phi) is 41.3. The lowest BCUT2D eigenvalue weighted by Gasteiger charge is -2.62. The number of anilines is 2. The van der Waals surface area contributed by atoms with Crippen molar-refractivity contribution in [2.75, 3.05) is 174 Å². The van der Waals surface area contributed by atoms with E-state index >= 15 is 4.39 Å². The number of ketones is 2. The van der Waals surface area contributed by atoms with Crippen molar-refractivity contribution in [3.05, 3.63) is 108 Å². The van der Waals surface area contributed by atoms with Crippen LogP contribution in [0.25, 0.3) is 22.5 Å². The van der Waals surface area contributed by atoms with Crippen LogP contribution >= 0.6 is 0 Å². The Morgan fingerprint density at radius 3 is 1.87 bits per heavy atom. The maximum Gasteiger partial charge on any atom is 0.407 e. The summed E-state index contributed by atoms with van der Waals surface area (Å²) in [6.07, 6.45) is 2.83. The highest BCUT2D eigenvalue weighted by Gasteiger charge is 2.75. The number of urea groups is 1. The van der Waals surface area contributed by atoms with Crippen molar-refractivity contribution in [1.29, 1.82) is 0 Å². The second-order valence-electron chi connectivity index (χ2n) is 33.2. The first-order chi connectivity index (χ1) is 62.8. The summed E-state index contributed by atoms with van der Waals surface area (Å²) in [5.74, 6) is -7.07. The molecule has 3 saturated carbocycles. The van der Waals surface area contributed by atoms with E-state index in [1.165, 1.54) is 24.3 Å². The molecular weight excluding hydrogens is 1730 g/mol. The molecule has 1 unspecified atom stereocenters. The predicted octanol–water partition coefficient (Wildman–Crippen LogP) is 3.23. The molecule has 42 heteroatoms. The smallest absolute Gasteiger partial charge is 0.407 e. The molecule has 10 atom stereocenters. The van der Waals surface area contributed by atoms with Gasteiger partial charge in [-0.25, -0.2) is 18.7 Å². The molecule has 10 amide bonds. The van der Waals surface area contributed by atoms with E-state index in [2.05, 4.69) is 52.8 Å². The highest BCUT2D eigenvalue weighted by atomic mass is 32.2. The molecule has 0 saturated heterocycles. The largest absolute Gasteiger partial charge is 0.445 e. The number of fused-ring (bicyclic) bond motifs is 10. The van der Waals surface area contributed by atoms with Crippen LogP contribution in [-0.2, 0) is 125 Å². The van der Waals surface area contributed by atoms with E-state index in [1.54, 1.807) is 62.4 Å². The lowest BCUT2D eigenvalue weighted by molar-refractivity contribution is -0.220. The van der Waals surface area contributed by atoms with Crippen molar-refractivity contribution >= 4 is 86.5 Å². The number of amides is 10. The zero-order valence-electron chi connectivity index (χ0n) is 74.9. The first kappa shape index (κ1) is 105. The van der Waals surface area contributed by atoms with E-state index in [0.29, 0.717) is 106 Å². The first-order valence-electron chi connectivity index (χ1n) is 44.2. The fourth-order valence-corrected chi connectivity index (χ4v) is 17.6. The fraction of sp³-hybridized carbons (Fsp3) is 0.607. The molecular formula is C89H126FN13O27S. The minimum atomic E-state index is -4.15. The number of primary amides is 1. The van der Waals surface area contributed by atoms with Crippen molar-refractivity contribution < 1.29 is 132 Å². The van der Waals surface area contributed by atoms with Gasteiger partial charge in [-0.1, -0.05) is 99.2 Å². The summed E-state index contributed by atoms with van der Waals surface area (Å²) < 4.78 is 111. The van der Waals surface area contributed by atoms with Gasteiger partial charge in [0.25, 0.3) is 10.1 Å². The van der Waals surface area contributed by atoms with E-state index in [9.17, 15) is 71.4 Å². The molecule has 1 aromatic heterocycles. The predicted molar refractivity (Wildman–Crippen MR) is 471 cm³/mol. The number of hydrogen-bond acceptors (Lipinski definition) is 28. The molecule has 3 aromatic carbocycles. The van der Waals surface area contributed by atoms with Crippen molar-refractivity contribution in [3.8, 4) is 22.5 Å². The second kappa shape index (κ2) is 51.7. The van der Waals surface area contributed by atoms with Gasteiger partial charge in [0.15, 0.2) is 17.2 Å². The van der Waals surface area contributed by atoms with Crippen LogP contribution in [0.15, 0.2) is 96.6 Å². The number of nitrogens with one attached hydrogen (secondary N) is 8. The van der Waals surface area contributed by atoms with Crippen molar-refractivity contribution in [1.82, 2.24) is 52.2 Å². The third-order valence-corrected chi connectivity index (χ3v) is 24.7. The number of rotatable bonds is 58. The quantitative estimate of drug-likeness (QED) is 0.0171. The number of carbonyl (C=O) groups is 11. The highest BCUT2D eigenvalue weighted by Crippen LogP contribution is 2.71. The SMILES string of the molecule is CC(C)C(NC(=O)CCOCCOCCOCCOCCOCCNC(=O)CCC(=O)N1Cc2ccccc2-c2c(nnn2CCOCCOCCOCCOCCC(=O)NCCS(=O)(=O)O)-c2ccccc21)C(=O)N[C@@H](CCCNC(N)=O)C(=O)Nc1ccc(COC(=O)NCC(=O)NCOCC(=O)[C@@]2(O)[C@H](C)C[C@H]3[C@@H]4CCC5=CC(=O)C=C[C@]5(C)[C@@]4(F)[C@@H](O)C[C@@]32C)cc1. The highest BCUT2D eigenvalue weighted by molar-refractivity contribution is 7.85. The second-order valence-corrected chi connectivity index (χ2v) is 34.8. The summed E-state index contributed by atoms with van der Waals surface area (Å²) >= 11 is 0. The summed E-state index contributed by atoms with van der Waals surface area (Å²) in [6, 6.07) is 18.4. The number of hydrogen-bond donors (Lipinski definition) is 12. The number of allylic oxidation sites excluding steroid dienone is 4. The van der Waals surface area contributed by atoms with Crippen LogP contribution in [0.4, 0.5) is 25.4 Å². The standard InChI is InChI=1S/C89H126FN13O27S/c1-59(2)79(83(113)98-70(14-10-28-94-84(91)114)82(112)97-64-19-16-61(17-20-64)56-130-85(115)95-54-77(110)96-58-129-57-73(106)89(116)60(3)51-69-68-21-18-63-52-65(104)24-27-86(63,4)88(68,90)72(105)53-87(69,89)5)99-76(109)26-33-121-37-41-125-45-48-128-49-46-126-42-38-122-34-29-92-74(107)22-23-78(111)102-55-62-11-6-7-12-66(62)81-80(67-13-8-9-15-71(67)102)100-101-103(81)31-35-123-39-43-127-47-44-124-40-36-120-32-25-75(108)93-30-50-131(117,118)119/h6-9,11-13,15-17,19-20,24,27,52,59-60,68-70,72,79,105,116H,10,14,18,21-23,25-26,28-51,53-58H2,1-5H3,(H,92,107)(H,93,108)(H,95,115)(H,96,110)(H,97,112)(H,98,113)(H,99,109)(H3,91,94,114)(H,117,118,119)/t60-,68+,69+,70+,72+,79?,86+,87+,88+,89+/m1/s1. The molecule has 131 heavy (non-hydrogen) atoms. The molecule has 3 fully saturated rings. The number of benzene rings is 3. The Morgan fingerprint density at radius 1 is 0.649 bits per heavy atom. The van der Waals surface area contributed by atoms with Crippen LogP contribution < -0.4 is 53.2 Å². The third kappa shape index (κ3) is 30.2. The minimum Gasteiger partial charge on any atom is -0.445 e. The molecule has 4 aliphatic carbocycles. The summed E-state index contributed by atoms with van der Waals surface area (Å²) in [7, 11) is -4.15. The minimum absolute atomic E-state index is 0.0209. The van der Waals surface area contributed by atoms with Crippen molar-refractivity contribution in [2.24, 2.45) is 40.2 Å². The van der Waals surface area contributed by atoms with Gasteiger partial charge in [0.1, 0.15) is 49.9 Å². The maximum absolute atomic E-state index is 17.6. The first-order valence-corrected chi connectivity index (χ1v) is 45.8. The van der Waals surface area contributed by atoms with Gasteiger partial charge in [0, 0.05) is 78.9 Å². The lowest BCUT2D eigenvalue weighted by Crippen LogP contribution is -2.69. The van der Waals surface area contributed by atoms with E-state index in [-0.39, 0.29) is 168 Å². The van der Waals surface area contributed by atoms with Gasteiger partial charge < -0.3 is 115 Å². The monoisotopic (exact) mass is 1860 g/mol. The number of halogens is 1. The maximum atomic E-state index is 17.6. The molecule has 5 aliphatic rings. The van der Waals surface area contributed by atoms with Gasteiger partial charge in [0.2, 0.25) is 41.4 Å². The zero-order valence-corrected chi connectivity index (χ0v) is 75.7. The number of nitrogens with two attached hydrogens (primary N) is 1. The fourth-order valence-electron chi connectivity index (χ4n) is 17.2. The molecule has 0 bridgehead atoms. The molecule has 40 nitrogen and oxygen atoms in total. The molecule has 9 rings (SSSR count). The van der Waals surface area contributed by atoms with Crippen LogP contribution in [0, 0.1) is 34.5 Å².